The minimum atomic E-state index is -3.74. The van der Waals surface area contributed by atoms with Gasteiger partial charge in [0.2, 0.25) is 10.0 Å². The lowest BCUT2D eigenvalue weighted by Crippen LogP contribution is -2.26. The number of sulfonamides is 1. The van der Waals surface area contributed by atoms with E-state index in [0.29, 0.717) is 12.1 Å². The molecule has 0 atom stereocenters. The van der Waals surface area contributed by atoms with E-state index in [9.17, 15) is 13.2 Å². The van der Waals surface area contributed by atoms with Crippen molar-refractivity contribution in [3.63, 3.8) is 0 Å². The summed E-state index contributed by atoms with van der Waals surface area (Å²) in [5.41, 5.74) is 4.12. The van der Waals surface area contributed by atoms with Crippen LogP contribution in [0.2, 0.25) is 0 Å². The first-order valence-corrected chi connectivity index (χ1v) is 12.0. The monoisotopic (exact) mass is 446 g/mol. The summed E-state index contributed by atoms with van der Waals surface area (Å²) in [6, 6.07) is 8.19. The fraction of sp³-hybridized carbons (Fsp3) is 0.333. The third-order valence-corrected chi connectivity index (χ3v) is 6.87. The van der Waals surface area contributed by atoms with E-state index < -0.39 is 10.0 Å². The molecule has 0 bridgehead atoms. The van der Waals surface area contributed by atoms with E-state index in [1.807, 2.05) is 41.8 Å². The van der Waals surface area contributed by atoms with Crippen LogP contribution in [0.25, 0.3) is 5.69 Å². The maximum absolute atomic E-state index is 12.9. The standard InChI is InChI=1S/C21H26N4O3S2/c1-5-21-23-16(13-29-21)11-24(4)12-20(26)19-10-14(2)25(15(19)3)17-6-8-18(9-7-17)30(22,27)28/h6-10,13H,5,11-12H2,1-4H3,(H2,22,27,28). The van der Waals surface area contributed by atoms with Crippen molar-refractivity contribution < 1.29 is 13.2 Å². The number of benzene rings is 1. The minimum Gasteiger partial charge on any atom is -0.318 e. The number of likely N-dealkylation sites (N-methyl/N-ethyl adjacent to an activating group) is 1. The molecule has 3 aromatic rings. The van der Waals surface area contributed by atoms with E-state index in [1.54, 1.807) is 23.5 Å². The first-order chi connectivity index (χ1) is 14.1. The molecule has 30 heavy (non-hydrogen) atoms. The SMILES string of the molecule is CCc1nc(CN(C)CC(=O)c2cc(C)n(-c3ccc(S(N)(=O)=O)cc3)c2C)cs1. The number of carbonyl (C=O) groups excluding carboxylic acids is 1. The summed E-state index contributed by atoms with van der Waals surface area (Å²) in [6.07, 6.45) is 0.914. The van der Waals surface area contributed by atoms with Crippen LogP contribution in [-0.2, 0) is 23.0 Å². The van der Waals surface area contributed by atoms with Crippen LogP contribution in [0.3, 0.4) is 0 Å². The molecule has 0 saturated carbocycles. The van der Waals surface area contributed by atoms with E-state index in [-0.39, 0.29) is 17.2 Å². The fourth-order valence-electron chi connectivity index (χ4n) is 3.47. The maximum atomic E-state index is 12.9. The molecule has 0 radical (unpaired) electrons. The van der Waals surface area contributed by atoms with Crippen LogP contribution in [0.15, 0.2) is 40.6 Å². The quantitative estimate of drug-likeness (QED) is 0.536. The molecule has 0 saturated heterocycles. The molecule has 0 amide bonds. The van der Waals surface area contributed by atoms with Crippen LogP contribution in [0.5, 0.6) is 0 Å². The first kappa shape index (κ1) is 22.4. The number of hydrogen-bond acceptors (Lipinski definition) is 6. The second-order valence-electron chi connectivity index (χ2n) is 7.34. The topological polar surface area (TPSA) is 98.3 Å². The second-order valence-corrected chi connectivity index (χ2v) is 9.84. The Hall–Kier alpha value is -2.33. The Kier molecular flexibility index (Phi) is 6.56. The van der Waals surface area contributed by atoms with E-state index in [4.69, 9.17) is 5.14 Å². The molecule has 160 valence electrons. The Morgan fingerprint density at radius 1 is 1.23 bits per heavy atom. The lowest BCUT2D eigenvalue weighted by atomic mass is 10.1. The van der Waals surface area contributed by atoms with Crippen molar-refractivity contribution in [2.75, 3.05) is 13.6 Å². The highest BCUT2D eigenvalue weighted by Crippen LogP contribution is 2.23. The normalized spacial score (nSPS) is 11.9. The number of hydrogen-bond donors (Lipinski definition) is 1. The van der Waals surface area contributed by atoms with Gasteiger partial charge in [-0.1, -0.05) is 6.92 Å². The molecule has 0 spiro atoms. The first-order valence-electron chi connectivity index (χ1n) is 9.57. The van der Waals surface area contributed by atoms with Crippen molar-refractivity contribution in [2.45, 2.75) is 38.6 Å². The summed E-state index contributed by atoms with van der Waals surface area (Å²) in [7, 11) is -1.83. The van der Waals surface area contributed by atoms with Gasteiger partial charge >= 0.3 is 0 Å². The predicted molar refractivity (Wildman–Crippen MR) is 119 cm³/mol. The van der Waals surface area contributed by atoms with Gasteiger partial charge in [0.15, 0.2) is 5.78 Å². The van der Waals surface area contributed by atoms with E-state index in [0.717, 1.165) is 34.2 Å². The third-order valence-electron chi connectivity index (χ3n) is 4.90. The number of aromatic nitrogens is 2. The fourth-order valence-corrected chi connectivity index (χ4v) is 4.73. The van der Waals surface area contributed by atoms with Gasteiger partial charge in [0.25, 0.3) is 0 Å². The van der Waals surface area contributed by atoms with Gasteiger partial charge < -0.3 is 4.57 Å². The van der Waals surface area contributed by atoms with E-state index in [2.05, 4.69) is 11.9 Å². The highest BCUT2D eigenvalue weighted by atomic mass is 32.2. The Morgan fingerprint density at radius 3 is 2.47 bits per heavy atom. The number of primary sulfonamides is 1. The summed E-state index contributed by atoms with van der Waals surface area (Å²) in [5.74, 6) is 0.0314. The maximum Gasteiger partial charge on any atom is 0.238 e. The van der Waals surface area contributed by atoms with Crippen LogP contribution in [0.1, 0.15) is 39.4 Å². The molecule has 2 N–H and O–H groups in total. The van der Waals surface area contributed by atoms with Crippen LogP contribution < -0.4 is 5.14 Å². The molecule has 0 aliphatic heterocycles. The van der Waals surface area contributed by atoms with Gasteiger partial charge in [0.1, 0.15) is 0 Å². The van der Waals surface area contributed by atoms with Gasteiger partial charge in [-0.25, -0.2) is 18.5 Å². The average Bonchev–Trinajstić information content (AvgIpc) is 3.24. The zero-order valence-electron chi connectivity index (χ0n) is 17.5. The highest BCUT2D eigenvalue weighted by Gasteiger charge is 2.19. The summed E-state index contributed by atoms with van der Waals surface area (Å²) in [4.78, 5) is 19.5. The molecule has 0 fully saturated rings. The number of carbonyl (C=O) groups is 1. The molecule has 1 aromatic carbocycles. The number of nitrogens with two attached hydrogens (primary N) is 1. The molecule has 2 aromatic heterocycles. The Labute approximate surface area is 181 Å². The molecular weight excluding hydrogens is 420 g/mol. The molecular formula is C21H26N4O3S2. The molecule has 0 aliphatic carbocycles. The van der Waals surface area contributed by atoms with Crippen LogP contribution in [-0.4, -0.2) is 42.2 Å². The molecule has 7 nitrogen and oxygen atoms in total. The zero-order valence-corrected chi connectivity index (χ0v) is 19.2. The van der Waals surface area contributed by atoms with Crippen molar-refractivity contribution in [3.8, 4) is 5.69 Å². The van der Waals surface area contributed by atoms with Gasteiger partial charge in [-0.05, 0) is 57.6 Å². The van der Waals surface area contributed by atoms with Gasteiger partial charge in [-0.3, -0.25) is 9.69 Å². The number of rotatable bonds is 8. The number of nitrogens with zero attached hydrogens (tertiary/aromatic N) is 3. The highest BCUT2D eigenvalue weighted by molar-refractivity contribution is 7.89. The molecule has 0 aliphatic rings. The zero-order chi connectivity index (χ0) is 22.1. The molecule has 3 rings (SSSR count). The Morgan fingerprint density at radius 2 is 1.90 bits per heavy atom. The summed E-state index contributed by atoms with van der Waals surface area (Å²) < 4.78 is 24.9. The number of thiazole rings is 1. The minimum absolute atomic E-state index is 0.0314. The van der Waals surface area contributed by atoms with Crippen LogP contribution in [0, 0.1) is 13.8 Å². The number of Topliss-reactive ketones (excluding diaryl/α,β-unsaturated/α-hetero) is 1. The van der Waals surface area contributed by atoms with Crippen LogP contribution in [0.4, 0.5) is 0 Å². The number of ketones is 1. The predicted octanol–water partition coefficient (Wildman–Crippen LogP) is 3.08. The van der Waals surface area contributed by atoms with E-state index in [1.165, 1.54) is 12.1 Å². The van der Waals surface area contributed by atoms with Crippen molar-refractivity contribution in [2.24, 2.45) is 5.14 Å². The third kappa shape index (κ3) is 4.86. The van der Waals surface area contributed by atoms with Gasteiger partial charge in [-0.15, -0.1) is 11.3 Å². The lowest BCUT2D eigenvalue weighted by molar-refractivity contribution is 0.0942. The van der Waals surface area contributed by atoms with Gasteiger partial charge in [-0.2, -0.15) is 0 Å². The summed E-state index contributed by atoms with van der Waals surface area (Å²) >= 11 is 1.64. The van der Waals surface area contributed by atoms with Gasteiger partial charge in [0.05, 0.1) is 22.1 Å². The lowest BCUT2D eigenvalue weighted by Gasteiger charge is -2.15. The van der Waals surface area contributed by atoms with Gasteiger partial charge in [0, 0.05) is 34.6 Å². The largest absolute Gasteiger partial charge is 0.318 e. The second kappa shape index (κ2) is 8.81. The smallest absolute Gasteiger partial charge is 0.238 e. The molecule has 2 heterocycles. The Balaban J connectivity index is 1.78. The van der Waals surface area contributed by atoms with Crippen molar-refractivity contribution >= 4 is 27.1 Å². The van der Waals surface area contributed by atoms with Crippen molar-refractivity contribution in [1.29, 1.82) is 0 Å². The van der Waals surface area contributed by atoms with E-state index >= 15 is 0 Å². The Bertz CT molecular complexity index is 1160. The average molecular weight is 447 g/mol. The summed E-state index contributed by atoms with van der Waals surface area (Å²) in [6.45, 7) is 6.79. The molecule has 9 heteroatoms. The van der Waals surface area contributed by atoms with Crippen molar-refractivity contribution in [3.05, 3.63) is 63.4 Å². The van der Waals surface area contributed by atoms with Crippen molar-refractivity contribution in [1.82, 2.24) is 14.5 Å². The molecule has 0 unspecified atom stereocenters. The van der Waals surface area contributed by atoms with Crippen LogP contribution >= 0.6 is 11.3 Å². The number of aryl methyl sites for hydroxylation is 2. The summed E-state index contributed by atoms with van der Waals surface area (Å²) in [5, 5.41) is 8.31.